The lowest BCUT2D eigenvalue weighted by atomic mass is 9.94. The third-order valence-electron chi connectivity index (χ3n) is 6.27. The summed E-state index contributed by atoms with van der Waals surface area (Å²) in [4.78, 5) is 15.5. The van der Waals surface area contributed by atoms with Gasteiger partial charge in [-0.05, 0) is 63.4 Å². The highest BCUT2D eigenvalue weighted by Crippen LogP contribution is 2.29. The van der Waals surface area contributed by atoms with E-state index < -0.39 is 0 Å². The Hall–Kier alpha value is -1.92. The second kappa shape index (κ2) is 8.84. The number of aromatic nitrogens is 2. The molecule has 1 N–H and O–H groups in total. The van der Waals surface area contributed by atoms with Gasteiger partial charge in [0.25, 0.3) is 5.91 Å². The molecule has 0 spiro atoms. The molecule has 156 valence electrons. The van der Waals surface area contributed by atoms with Gasteiger partial charge in [-0.15, -0.1) is 0 Å². The lowest BCUT2D eigenvalue weighted by Gasteiger charge is -2.35. The van der Waals surface area contributed by atoms with Crippen molar-refractivity contribution in [3.05, 3.63) is 46.5 Å². The monoisotopic (exact) mass is 418 g/mol. The van der Waals surface area contributed by atoms with Gasteiger partial charge >= 0.3 is 0 Å². The van der Waals surface area contributed by atoms with Crippen molar-refractivity contribution in [2.75, 3.05) is 13.1 Å². The van der Waals surface area contributed by atoms with Crippen LogP contribution in [-0.4, -0.2) is 45.8 Å². The van der Waals surface area contributed by atoms with E-state index in [0.29, 0.717) is 35.6 Å². The summed E-state index contributed by atoms with van der Waals surface area (Å²) >= 11 is 6.48. The number of rotatable bonds is 5. The number of halogens is 2. The quantitative estimate of drug-likeness (QED) is 0.777. The van der Waals surface area contributed by atoms with Gasteiger partial charge in [-0.1, -0.05) is 30.9 Å². The summed E-state index contributed by atoms with van der Waals surface area (Å²) in [7, 11) is 0. The first-order valence-electron chi connectivity index (χ1n) is 10.6. The third kappa shape index (κ3) is 4.33. The van der Waals surface area contributed by atoms with Crippen molar-refractivity contribution in [3.8, 4) is 5.69 Å². The fraction of sp³-hybridized carbons (Fsp3) is 0.545. The fourth-order valence-corrected chi connectivity index (χ4v) is 5.14. The molecule has 1 aromatic carbocycles. The number of nitrogens with one attached hydrogen (secondary N) is 1. The number of aryl methyl sites for hydroxylation is 1. The molecule has 5 nitrogen and oxygen atoms in total. The van der Waals surface area contributed by atoms with E-state index in [1.54, 1.807) is 19.1 Å². The van der Waals surface area contributed by atoms with Gasteiger partial charge in [-0.3, -0.25) is 9.69 Å². The van der Waals surface area contributed by atoms with E-state index >= 15 is 0 Å². The Labute approximate surface area is 176 Å². The van der Waals surface area contributed by atoms with Crippen LogP contribution >= 0.6 is 11.6 Å². The van der Waals surface area contributed by atoms with E-state index in [4.69, 9.17) is 11.6 Å². The van der Waals surface area contributed by atoms with Crippen LogP contribution in [0.5, 0.6) is 0 Å². The summed E-state index contributed by atoms with van der Waals surface area (Å²) < 4.78 is 14.7. The van der Waals surface area contributed by atoms with Gasteiger partial charge in [0.2, 0.25) is 0 Å². The van der Waals surface area contributed by atoms with E-state index in [-0.39, 0.29) is 16.9 Å². The van der Waals surface area contributed by atoms with Gasteiger partial charge < -0.3 is 5.32 Å². The van der Waals surface area contributed by atoms with Crippen molar-refractivity contribution in [1.29, 1.82) is 0 Å². The van der Waals surface area contributed by atoms with Crippen LogP contribution in [0, 0.1) is 12.7 Å². The van der Waals surface area contributed by atoms with Crippen molar-refractivity contribution in [3.63, 3.8) is 0 Å². The third-order valence-corrected chi connectivity index (χ3v) is 6.62. The fourth-order valence-electron chi connectivity index (χ4n) is 4.78. The van der Waals surface area contributed by atoms with Crippen LogP contribution in [-0.2, 0) is 0 Å². The number of amides is 1. The molecule has 2 aliphatic rings. The van der Waals surface area contributed by atoms with Gasteiger partial charge in [0.1, 0.15) is 11.0 Å². The molecule has 1 amide bonds. The molecule has 2 heterocycles. The zero-order valence-electron chi connectivity index (χ0n) is 16.8. The molecule has 7 heteroatoms. The molecule has 2 aromatic rings. The number of carbonyl (C=O) groups is 1. The predicted octanol–water partition coefficient (Wildman–Crippen LogP) is 4.50. The molecule has 1 aromatic heterocycles. The van der Waals surface area contributed by atoms with Crippen molar-refractivity contribution in [1.82, 2.24) is 20.0 Å². The van der Waals surface area contributed by atoms with Crippen LogP contribution < -0.4 is 5.32 Å². The Morgan fingerprint density at radius 2 is 1.90 bits per heavy atom. The maximum atomic E-state index is 13.2. The zero-order chi connectivity index (χ0) is 20.4. The number of hydrogen-bond donors (Lipinski definition) is 1. The lowest BCUT2D eigenvalue weighted by molar-refractivity contribution is 0.0920. The average Bonchev–Trinajstić information content (AvgIpc) is 3.31. The van der Waals surface area contributed by atoms with E-state index in [0.717, 1.165) is 13.0 Å². The van der Waals surface area contributed by atoms with Crippen molar-refractivity contribution >= 4 is 17.5 Å². The molecule has 1 saturated heterocycles. The Morgan fingerprint density at radius 1 is 1.17 bits per heavy atom. The standard InChI is InChI=1S/C22H28ClFN4O/c1-15-20(21(23)28(26-15)18-11-9-16(24)10-12-18)22(29)25-14-19-8-5-13-27(19)17-6-3-2-4-7-17/h9-12,17,19H,2-8,13-14H2,1H3,(H,25,29). The van der Waals surface area contributed by atoms with Crippen LogP contribution in [0.25, 0.3) is 5.69 Å². The first kappa shape index (κ1) is 20.4. The van der Waals surface area contributed by atoms with E-state index in [1.165, 1.54) is 55.3 Å². The first-order chi connectivity index (χ1) is 14.0. The number of carbonyl (C=O) groups excluding carboxylic acids is 1. The summed E-state index contributed by atoms with van der Waals surface area (Å²) in [5.41, 5.74) is 1.57. The summed E-state index contributed by atoms with van der Waals surface area (Å²) in [5, 5.41) is 7.73. The minimum atomic E-state index is -0.328. The van der Waals surface area contributed by atoms with Gasteiger partial charge in [0.05, 0.1) is 16.9 Å². The van der Waals surface area contributed by atoms with Crippen molar-refractivity contribution in [2.45, 2.75) is 64.0 Å². The maximum Gasteiger partial charge on any atom is 0.256 e. The van der Waals surface area contributed by atoms with Gasteiger partial charge in [0.15, 0.2) is 0 Å². The molecule has 1 unspecified atom stereocenters. The molecule has 2 fully saturated rings. The van der Waals surface area contributed by atoms with Gasteiger partial charge in [-0.25, -0.2) is 9.07 Å². The highest BCUT2D eigenvalue weighted by Gasteiger charge is 2.32. The van der Waals surface area contributed by atoms with E-state index in [2.05, 4.69) is 15.3 Å². The lowest BCUT2D eigenvalue weighted by Crippen LogP contribution is -2.45. The number of nitrogens with zero attached hydrogens (tertiary/aromatic N) is 3. The Kier molecular flexibility index (Phi) is 6.20. The summed E-state index contributed by atoms with van der Waals surface area (Å²) in [6, 6.07) is 6.95. The molecular weight excluding hydrogens is 391 g/mol. The molecule has 0 bridgehead atoms. The van der Waals surface area contributed by atoms with E-state index in [1.807, 2.05) is 0 Å². The molecule has 0 radical (unpaired) electrons. The first-order valence-corrected chi connectivity index (χ1v) is 11.0. The molecule has 4 rings (SSSR count). The predicted molar refractivity (Wildman–Crippen MR) is 112 cm³/mol. The molecule has 29 heavy (non-hydrogen) atoms. The highest BCUT2D eigenvalue weighted by atomic mass is 35.5. The number of likely N-dealkylation sites (tertiary alicyclic amines) is 1. The summed E-state index contributed by atoms with van der Waals surface area (Å²) in [6.45, 7) is 3.53. The molecule has 1 atom stereocenters. The summed E-state index contributed by atoms with van der Waals surface area (Å²) in [5.74, 6) is -0.526. The van der Waals surface area contributed by atoms with E-state index in [9.17, 15) is 9.18 Å². The Bertz CT molecular complexity index is 860. The molecule has 1 saturated carbocycles. The van der Waals surface area contributed by atoms with Crippen LogP contribution in [0.2, 0.25) is 5.15 Å². The molecule has 1 aliphatic carbocycles. The molecular formula is C22H28ClFN4O. The Morgan fingerprint density at radius 3 is 2.62 bits per heavy atom. The largest absolute Gasteiger partial charge is 0.350 e. The normalized spacial score (nSPS) is 20.9. The van der Waals surface area contributed by atoms with Crippen LogP contribution in [0.15, 0.2) is 24.3 Å². The van der Waals surface area contributed by atoms with Crippen molar-refractivity contribution < 1.29 is 9.18 Å². The topological polar surface area (TPSA) is 50.2 Å². The minimum absolute atomic E-state index is 0.198. The van der Waals surface area contributed by atoms with Crippen molar-refractivity contribution in [2.24, 2.45) is 0 Å². The number of benzene rings is 1. The second-order valence-corrected chi connectivity index (χ2v) is 8.53. The summed E-state index contributed by atoms with van der Waals surface area (Å²) in [6.07, 6.45) is 8.86. The van der Waals surface area contributed by atoms with Crippen LogP contribution in [0.1, 0.15) is 61.0 Å². The van der Waals surface area contributed by atoms with Gasteiger partial charge in [-0.2, -0.15) is 5.10 Å². The SMILES string of the molecule is Cc1nn(-c2ccc(F)cc2)c(Cl)c1C(=O)NCC1CCCN1C1CCCCC1. The van der Waals surface area contributed by atoms with Gasteiger partial charge in [0, 0.05) is 18.6 Å². The number of hydrogen-bond acceptors (Lipinski definition) is 3. The Balaban J connectivity index is 1.44. The second-order valence-electron chi connectivity index (χ2n) is 8.18. The average molecular weight is 419 g/mol. The van der Waals surface area contributed by atoms with Crippen LogP contribution in [0.3, 0.4) is 0 Å². The minimum Gasteiger partial charge on any atom is -0.350 e. The molecule has 1 aliphatic heterocycles. The maximum absolute atomic E-state index is 13.2. The van der Waals surface area contributed by atoms with Crippen LogP contribution in [0.4, 0.5) is 4.39 Å². The zero-order valence-corrected chi connectivity index (χ0v) is 17.6. The smallest absolute Gasteiger partial charge is 0.256 e. The highest BCUT2D eigenvalue weighted by molar-refractivity contribution is 6.33.